The Morgan fingerprint density at radius 3 is 2.88 bits per heavy atom. The molecule has 17 heavy (non-hydrogen) atoms. The van der Waals surface area contributed by atoms with Gasteiger partial charge in [-0.25, -0.2) is 4.98 Å². The van der Waals surface area contributed by atoms with Gasteiger partial charge >= 0.3 is 0 Å². The summed E-state index contributed by atoms with van der Waals surface area (Å²) in [5, 5.41) is 22.8. The standard InChI is InChI=1S/C11H15N3O3/c1-7-2-9(14(16)17)6-13-11(7)12-5-8-3-10(15)4-8/h2,6,8,10,15H,3-5H2,1H3,(H,12,13). The van der Waals surface area contributed by atoms with Gasteiger partial charge in [0.05, 0.1) is 11.0 Å². The highest BCUT2D eigenvalue weighted by Crippen LogP contribution is 2.27. The summed E-state index contributed by atoms with van der Waals surface area (Å²) in [5.74, 6) is 1.15. The molecule has 6 heteroatoms. The summed E-state index contributed by atoms with van der Waals surface area (Å²) in [7, 11) is 0. The second-order valence-electron chi connectivity index (χ2n) is 4.49. The van der Waals surface area contributed by atoms with Crippen LogP contribution in [0.5, 0.6) is 0 Å². The Bertz CT molecular complexity index is 430. The van der Waals surface area contributed by atoms with E-state index in [1.165, 1.54) is 12.3 Å². The summed E-state index contributed by atoms with van der Waals surface area (Å²) in [6, 6.07) is 1.50. The lowest BCUT2D eigenvalue weighted by Crippen LogP contribution is -2.33. The fraction of sp³-hybridized carbons (Fsp3) is 0.545. The van der Waals surface area contributed by atoms with E-state index in [1.807, 2.05) is 0 Å². The molecule has 0 amide bonds. The van der Waals surface area contributed by atoms with Crippen LogP contribution in [-0.2, 0) is 0 Å². The molecule has 1 aliphatic carbocycles. The van der Waals surface area contributed by atoms with Crippen molar-refractivity contribution in [1.29, 1.82) is 0 Å². The van der Waals surface area contributed by atoms with Crippen LogP contribution in [0, 0.1) is 23.0 Å². The first kappa shape index (κ1) is 11.8. The van der Waals surface area contributed by atoms with Gasteiger partial charge < -0.3 is 10.4 Å². The molecule has 0 spiro atoms. The zero-order chi connectivity index (χ0) is 12.4. The van der Waals surface area contributed by atoms with Crippen molar-refractivity contribution >= 4 is 11.5 Å². The topological polar surface area (TPSA) is 88.3 Å². The molecule has 0 atom stereocenters. The molecule has 1 aromatic heterocycles. The quantitative estimate of drug-likeness (QED) is 0.611. The van der Waals surface area contributed by atoms with Crippen molar-refractivity contribution in [3.8, 4) is 0 Å². The Morgan fingerprint density at radius 1 is 1.65 bits per heavy atom. The molecule has 1 aliphatic rings. The van der Waals surface area contributed by atoms with Crippen molar-refractivity contribution in [2.75, 3.05) is 11.9 Å². The van der Waals surface area contributed by atoms with E-state index < -0.39 is 4.92 Å². The van der Waals surface area contributed by atoms with Crippen LogP contribution in [0.3, 0.4) is 0 Å². The minimum atomic E-state index is -0.452. The number of hydrogen-bond acceptors (Lipinski definition) is 5. The summed E-state index contributed by atoms with van der Waals surface area (Å²) in [5.41, 5.74) is 0.770. The van der Waals surface area contributed by atoms with E-state index in [9.17, 15) is 10.1 Å². The maximum atomic E-state index is 10.5. The van der Waals surface area contributed by atoms with Gasteiger partial charge in [-0.15, -0.1) is 0 Å². The van der Waals surface area contributed by atoms with E-state index >= 15 is 0 Å². The smallest absolute Gasteiger partial charge is 0.287 e. The molecule has 6 nitrogen and oxygen atoms in total. The maximum Gasteiger partial charge on any atom is 0.287 e. The first-order chi connectivity index (χ1) is 8.06. The molecule has 0 aliphatic heterocycles. The predicted octanol–water partition coefficient (Wildman–Crippen LogP) is 1.48. The van der Waals surface area contributed by atoms with E-state index in [0.717, 1.165) is 24.9 Å². The third-order valence-corrected chi connectivity index (χ3v) is 3.04. The Hall–Kier alpha value is -1.69. The molecule has 92 valence electrons. The Labute approximate surface area is 98.8 Å². The van der Waals surface area contributed by atoms with Crippen molar-refractivity contribution in [2.45, 2.75) is 25.9 Å². The lowest BCUT2D eigenvalue weighted by molar-refractivity contribution is -0.385. The Morgan fingerprint density at radius 2 is 2.35 bits per heavy atom. The van der Waals surface area contributed by atoms with Gasteiger partial charge in [0, 0.05) is 12.6 Å². The van der Waals surface area contributed by atoms with E-state index in [-0.39, 0.29) is 11.8 Å². The highest BCUT2D eigenvalue weighted by atomic mass is 16.6. The highest BCUT2D eigenvalue weighted by Gasteiger charge is 2.26. The third kappa shape index (κ3) is 2.71. The summed E-state index contributed by atoms with van der Waals surface area (Å²) in [6.07, 6.45) is 2.73. The number of pyridine rings is 1. The van der Waals surface area contributed by atoms with Gasteiger partial charge in [0.2, 0.25) is 0 Å². The van der Waals surface area contributed by atoms with E-state index in [2.05, 4.69) is 10.3 Å². The summed E-state index contributed by atoms with van der Waals surface area (Å²) >= 11 is 0. The molecule has 1 aromatic rings. The number of rotatable bonds is 4. The average Bonchev–Trinajstić information content (AvgIpc) is 2.24. The number of nitrogens with zero attached hydrogens (tertiary/aromatic N) is 2. The Kier molecular flexibility index (Phi) is 3.23. The number of aryl methyl sites for hydroxylation is 1. The summed E-state index contributed by atoms with van der Waals surface area (Å²) in [6.45, 7) is 2.54. The highest BCUT2D eigenvalue weighted by molar-refractivity contribution is 5.48. The number of anilines is 1. The monoisotopic (exact) mass is 237 g/mol. The fourth-order valence-electron chi connectivity index (χ4n) is 1.95. The van der Waals surface area contributed by atoms with Crippen LogP contribution in [0.2, 0.25) is 0 Å². The number of aliphatic hydroxyl groups is 1. The lowest BCUT2D eigenvalue weighted by atomic mass is 9.82. The van der Waals surface area contributed by atoms with Gasteiger partial charge in [-0.1, -0.05) is 0 Å². The van der Waals surface area contributed by atoms with Crippen molar-refractivity contribution in [1.82, 2.24) is 4.98 Å². The summed E-state index contributed by atoms with van der Waals surface area (Å²) in [4.78, 5) is 14.1. The molecule has 2 N–H and O–H groups in total. The number of aromatic nitrogens is 1. The number of nitro groups is 1. The van der Waals surface area contributed by atoms with Crippen molar-refractivity contribution in [3.05, 3.63) is 27.9 Å². The number of aliphatic hydroxyl groups excluding tert-OH is 1. The minimum Gasteiger partial charge on any atom is -0.393 e. The maximum absolute atomic E-state index is 10.5. The van der Waals surface area contributed by atoms with Gasteiger partial charge in [0.15, 0.2) is 0 Å². The van der Waals surface area contributed by atoms with Crippen LogP contribution in [-0.4, -0.2) is 27.7 Å². The van der Waals surface area contributed by atoms with Gasteiger partial charge in [0.25, 0.3) is 5.69 Å². The molecular formula is C11H15N3O3. The molecule has 1 fully saturated rings. The van der Waals surface area contributed by atoms with Crippen LogP contribution >= 0.6 is 0 Å². The molecule has 0 unspecified atom stereocenters. The zero-order valence-corrected chi connectivity index (χ0v) is 9.59. The SMILES string of the molecule is Cc1cc([N+](=O)[O-])cnc1NCC1CC(O)C1. The van der Waals surface area contributed by atoms with Crippen LogP contribution in [0.25, 0.3) is 0 Å². The number of hydrogen-bond donors (Lipinski definition) is 2. The second kappa shape index (κ2) is 4.67. The van der Waals surface area contributed by atoms with Gasteiger partial charge in [-0.3, -0.25) is 10.1 Å². The lowest BCUT2D eigenvalue weighted by Gasteiger charge is -2.31. The van der Waals surface area contributed by atoms with Crippen molar-refractivity contribution in [3.63, 3.8) is 0 Å². The minimum absolute atomic E-state index is 0.00659. The molecule has 0 aromatic carbocycles. The average molecular weight is 237 g/mol. The molecule has 2 rings (SSSR count). The van der Waals surface area contributed by atoms with Gasteiger partial charge in [0.1, 0.15) is 12.0 Å². The first-order valence-electron chi connectivity index (χ1n) is 5.59. The van der Waals surface area contributed by atoms with Crippen LogP contribution in [0.4, 0.5) is 11.5 Å². The van der Waals surface area contributed by atoms with Crippen LogP contribution in [0.15, 0.2) is 12.3 Å². The van der Waals surface area contributed by atoms with Crippen LogP contribution in [0.1, 0.15) is 18.4 Å². The van der Waals surface area contributed by atoms with Crippen LogP contribution < -0.4 is 5.32 Å². The van der Waals surface area contributed by atoms with Gasteiger partial charge in [-0.2, -0.15) is 0 Å². The third-order valence-electron chi connectivity index (χ3n) is 3.04. The summed E-state index contributed by atoms with van der Waals surface area (Å²) < 4.78 is 0. The largest absolute Gasteiger partial charge is 0.393 e. The predicted molar refractivity (Wildman–Crippen MR) is 62.8 cm³/mol. The molecule has 0 saturated heterocycles. The van der Waals surface area contributed by atoms with Crippen molar-refractivity contribution < 1.29 is 10.0 Å². The first-order valence-corrected chi connectivity index (χ1v) is 5.59. The molecular weight excluding hydrogens is 222 g/mol. The molecule has 0 bridgehead atoms. The van der Waals surface area contributed by atoms with E-state index in [4.69, 9.17) is 5.11 Å². The molecule has 1 saturated carbocycles. The zero-order valence-electron chi connectivity index (χ0n) is 9.59. The Balaban J connectivity index is 1.94. The van der Waals surface area contributed by atoms with E-state index in [0.29, 0.717) is 11.7 Å². The van der Waals surface area contributed by atoms with Gasteiger partial charge in [-0.05, 0) is 31.2 Å². The fourth-order valence-corrected chi connectivity index (χ4v) is 1.95. The van der Waals surface area contributed by atoms with Crippen molar-refractivity contribution in [2.24, 2.45) is 5.92 Å². The second-order valence-corrected chi connectivity index (χ2v) is 4.49. The molecule has 0 radical (unpaired) electrons. The molecule has 1 heterocycles. The van der Waals surface area contributed by atoms with E-state index in [1.54, 1.807) is 6.92 Å². The number of nitrogens with one attached hydrogen (secondary N) is 1. The normalized spacial score (nSPS) is 22.9.